The van der Waals surface area contributed by atoms with Gasteiger partial charge in [0.05, 0.1) is 5.71 Å². The molecule has 3 nitrogen and oxygen atoms in total. The van der Waals surface area contributed by atoms with E-state index in [2.05, 4.69) is 5.16 Å². The Hall–Kier alpha value is -0.860. The summed E-state index contributed by atoms with van der Waals surface area (Å²) < 4.78 is 0. The molecule has 2 rings (SSSR count). The normalized spacial score (nSPS) is 25.3. The first-order valence-corrected chi connectivity index (χ1v) is 12.2. The van der Waals surface area contributed by atoms with Crippen LogP contribution in [-0.2, 0) is 4.84 Å². The lowest BCUT2D eigenvalue weighted by Gasteiger charge is -2.10. The second-order valence-electron chi connectivity index (χ2n) is 8.64. The summed E-state index contributed by atoms with van der Waals surface area (Å²) in [4.78, 5) is 10.7. The average molecular weight is 377 g/mol. The highest BCUT2D eigenvalue weighted by molar-refractivity contribution is 5.85. The lowest BCUT2D eigenvalue weighted by Crippen LogP contribution is -2.07. The second kappa shape index (κ2) is 16.1. The minimum Gasteiger partial charge on any atom is -0.342 e. The molecule has 0 atom stereocenters. The van der Waals surface area contributed by atoms with Crippen molar-refractivity contribution in [1.29, 1.82) is 0 Å². The lowest BCUT2D eigenvalue weighted by molar-refractivity contribution is 0.310. The first-order chi connectivity index (χ1) is 13.4. The smallest absolute Gasteiger partial charge is 0.220 e. The zero-order chi connectivity index (χ0) is 18.8. The van der Waals surface area contributed by atoms with Crippen LogP contribution in [0.3, 0.4) is 0 Å². The van der Waals surface area contributed by atoms with Gasteiger partial charge in [-0.2, -0.15) is 0 Å². The van der Waals surface area contributed by atoms with Crippen molar-refractivity contribution >= 4 is 11.6 Å². The summed E-state index contributed by atoms with van der Waals surface area (Å²) in [5, 5.41) is 4.61. The Kier molecular flexibility index (Phi) is 13.4. The van der Waals surface area contributed by atoms with Gasteiger partial charge in [0, 0.05) is 13.0 Å². The third-order valence-corrected chi connectivity index (χ3v) is 6.05. The number of nitrogens with zero attached hydrogens (tertiary/aromatic N) is 2. The van der Waals surface area contributed by atoms with Crippen LogP contribution in [0, 0.1) is 0 Å². The molecule has 0 aromatic carbocycles. The number of rotatable bonds is 1. The van der Waals surface area contributed by atoms with Gasteiger partial charge in [0.2, 0.25) is 5.90 Å². The van der Waals surface area contributed by atoms with Crippen LogP contribution in [-0.4, -0.2) is 18.2 Å². The van der Waals surface area contributed by atoms with E-state index < -0.39 is 0 Å². The minimum absolute atomic E-state index is 0.896. The second-order valence-corrected chi connectivity index (χ2v) is 8.64. The third kappa shape index (κ3) is 12.3. The van der Waals surface area contributed by atoms with Crippen LogP contribution in [0.4, 0.5) is 0 Å². The van der Waals surface area contributed by atoms with Gasteiger partial charge in [-0.3, -0.25) is 4.99 Å². The van der Waals surface area contributed by atoms with Gasteiger partial charge in [-0.25, -0.2) is 0 Å². The monoisotopic (exact) mass is 376 g/mol. The van der Waals surface area contributed by atoms with Crippen molar-refractivity contribution in [2.45, 2.75) is 135 Å². The van der Waals surface area contributed by atoms with E-state index in [9.17, 15) is 0 Å². The largest absolute Gasteiger partial charge is 0.342 e. The van der Waals surface area contributed by atoms with E-state index in [0.717, 1.165) is 31.7 Å². The van der Waals surface area contributed by atoms with Crippen molar-refractivity contribution < 1.29 is 4.84 Å². The van der Waals surface area contributed by atoms with Crippen LogP contribution in [0.5, 0.6) is 0 Å². The van der Waals surface area contributed by atoms with Crippen LogP contribution in [0.2, 0.25) is 0 Å². The molecule has 2 aliphatic rings. The number of oxime groups is 1. The quantitative estimate of drug-likeness (QED) is 0.427. The lowest BCUT2D eigenvalue weighted by atomic mass is 10.00. The maximum absolute atomic E-state index is 5.92. The molecule has 0 bridgehead atoms. The Morgan fingerprint density at radius 3 is 1.41 bits per heavy atom. The van der Waals surface area contributed by atoms with Gasteiger partial charge in [-0.05, 0) is 38.5 Å². The molecule has 0 aromatic heterocycles. The Labute approximate surface area is 168 Å². The van der Waals surface area contributed by atoms with Gasteiger partial charge < -0.3 is 4.84 Å². The van der Waals surface area contributed by atoms with Gasteiger partial charge in [0.25, 0.3) is 0 Å². The van der Waals surface area contributed by atoms with Gasteiger partial charge in [-0.1, -0.05) is 95.0 Å². The van der Waals surface area contributed by atoms with Crippen molar-refractivity contribution in [2.24, 2.45) is 10.1 Å². The molecule has 0 aromatic rings. The van der Waals surface area contributed by atoms with Crippen LogP contribution in [0.15, 0.2) is 10.1 Å². The zero-order valence-electron chi connectivity index (χ0n) is 17.9. The zero-order valence-corrected chi connectivity index (χ0v) is 17.9. The van der Waals surface area contributed by atoms with Gasteiger partial charge in [-0.15, -0.1) is 0 Å². The highest BCUT2D eigenvalue weighted by Gasteiger charge is 2.07. The van der Waals surface area contributed by atoms with Gasteiger partial charge >= 0.3 is 0 Å². The van der Waals surface area contributed by atoms with E-state index in [0.29, 0.717) is 0 Å². The molecular weight excluding hydrogens is 332 g/mol. The molecule has 0 unspecified atom stereocenters. The molecule has 156 valence electrons. The topological polar surface area (TPSA) is 34.0 Å². The summed E-state index contributed by atoms with van der Waals surface area (Å²) in [7, 11) is 0. The predicted molar refractivity (Wildman–Crippen MR) is 118 cm³/mol. The molecule has 1 aliphatic carbocycles. The average Bonchev–Trinajstić information content (AvgIpc) is 2.69. The first-order valence-electron chi connectivity index (χ1n) is 12.2. The Morgan fingerprint density at radius 2 is 0.889 bits per heavy atom. The van der Waals surface area contributed by atoms with Gasteiger partial charge in [0.1, 0.15) is 0 Å². The summed E-state index contributed by atoms with van der Waals surface area (Å²) in [5.74, 6) is 0.896. The molecule has 1 aliphatic heterocycles. The van der Waals surface area contributed by atoms with E-state index in [1.165, 1.54) is 121 Å². The predicted octanol–water partition coefficient (Wildman–Crippen LogP) is 7.98. The number of hydrogen-bond acceptors (Lipinski definition) is 3. The molecule has 1 fully saturated rings. The molecule has 1 heterocycles. The van der Waals surface area contributed by atoms with E-state index >= 15 is 0 Å². The van der Waals surface area contributed by atoms with Crippen LogP contribution in [0.25, 0.3) is 0 Å². The van der Waals surface area contributed by atoms with Crippen molar-refractivity contribution in [3.63, 3.8) is 0 Å². The minimum atomic E-state index is 0.896. The van der Waals surface area contributed by atoms with Crippen molar-refractivity contribution in [3.05, 3.63) is 0 Å². The summed E-state index contributed by atoms with van der Waals surface area (Å²) in [6.45, 7) is 0.917. The third-order valence-electron chi connectivity index (χ3n) is 6.05. The molecule has 27 heavy (non-hydrogen) atoms. The molecule has 0 saturated heterocycles. The maximum Gasteiger partial charge on any atom is 0.220 e. The highest BCUT2D eigenvalue weighted by Crippen LogP contribution is 2.17. The molecule has 0 radical (unpaired) electrons. The van der Waals surface area contributed by atoms with Crippen molar-refractivity contribution in [2.75, 3.05) is 6.54 Å². The fourth-order valence-corrected chi connectivity index (χ4v) is 4.21. The fraction of sp³-hybridized carbons (Fsp3) is 0.917. The molecule has 3 heteroatoms. The molecular formula is C24H44N2O. The van der Waals surface area contributed by atoms with Crippen LogP contribution < -0.4 is 0 Å². The van der Waals surface area contributed by atoms with Crippen LogP contribution >= 0.6 is 0 Å². The van der Waals surface area contributed by atoms with E-state index in [1.54, 1.807) is 0 Å². The SMILES string of the molecule is C1CCCCCC(=NO/C2=N/CCCCCCCCCCC2)CCCCC1. The summed E-state index contributed by atoms with van der Waals surface area (Å²) in [5.41, 5.74) is 1.28. The first kappa shape index (κ1) is 22.4. The Bertz CT molecular complexity index is 403. The Morgan fingerprint density at radius 1 is 0.481 bits per heavy atom. The standard InChI is InChI=1S/C24H44N2O/c1-3-7-11-15-19-23(20-16-12-8-4-1)26-27-24-21-17-13-9-5-2-6-10-14-18-22-25-24/h1-22H2/b25-24+. The van der Waals surface area contributed by atoms with E-state index in [-0.39, 0.29) is 0 Å². The van der Waals surface area contributed by atoms with E-state index in [4.69, 9.17) is 9.83 Å². The maximum atomic E-state index is 5.92. The molecule has 0 N–H and O–H groups in total. The van der Waals surface area contributed by atoms with Crippen molar-refractivity contribution in [1.82, 2.24) is 0 Å². The van der Waals surface area contributed by atoms with E-state index in [1.807, 2.05) is 0 Å². The molecule has 0 amide bonds. The summed E-state index contributed by atoms with van der Waals surface area (Å²) >= 11 is 0. The molecule has 0 spiro atoms. The number of hydrogen-bond donors (Lipinski definition) is 0. The van der Waals surface area contributed by atoms with Gasteiger partial charge in [0.15, 0.2) is 0 Å². The summed E-state index contributed by atoms with van der Waals surface area (Å²) in [6, 6.07) is 0. The van der Waals surface area contributed by atoms with Crippen molar-refractivity contribution in [3.8, 4) is 0 Å². The van der Waals surface area contributed by atoms with Crippen LogP contribution in [0.1, 0.15) is 135 Å². The number of aliphatic imine (C=N–C) groups is 1. The Balaban J connectivity index is 1.83. The summed E-state index contributed by atoms with van der Waals surface area (Å²) in [6.07, 6.45) is 27.5. The molecule has 1 saturated carbocycles. The fourth-order valence-electron chi connectivity index (χ4n) is 4.21. The highest BCUT2D eigenvalue weighted by atomic mass is 16.6.